The van der Waals surface area contributed by atoms with Crippen LogP contribution in [-0.2, 0) is 42.1 Å². The highest BCUT2D eigenvalue weighted by Crippen LogP contribution is 2.25. The molecule has 0 saturated heterocycles. The maximum Gasteiger partial charge on any atom is 0.223 e. The number of carbonyl (C=O) groups is 2. The average molecular weight is 366 g/mol. The third-order valence-corrected chi connectivity index (χ3v) is 5.67. The predicted octanol–water partition coefficient (Wildman–Crippen LogP) is 2.06. The minimum absolute atomic E-state index is 0.0357. The normalized spacial score (nSPS) is 19.0. The highest BCUT2D eigenvalue weighted by molar-refractivity contribution is 5.79. The summed E-state index contributed by atoms with van der Waals surface area (Å²) in [7, 11) is 0. The summed E-state index contributed by atoms with van der Waals surface area (Å²) in [5, 5.41) is 7.68. The molecule has 0 radical (unpaired) electrons. The van der Waals surface area contributed by atoms with Gasteiger partial charge in [-0.2, -0.15) is 5.10 Å². The summed E-state index contributed by atoms with van der Waals surface area (Å²) in [6.45, 7) is 4.22. The van der Waals surface area contributed by atoms with Gasteiger partial charge in [-0.15, -0.1) is 0 Å². The van der Waals surface area contributed by atoms with Gasteiger partial charge in [-0.1, -0.05) is 24.3 Å². The van der Waals surface area contributed by atoms with Crippen molar-refractivity contribution in [3.63, 3.8) is 0 Å². The molecule has 1 atom stereocenters. The molecule has 0 fully saturated rings. The molecule has 1 N–H and O–H groups in total. The number of fused-ring (bicyclic) bond motifs is 2. The number of rotatable bonds is 3. The van der Waals surface area contributed by atoms with Crippen molar-refractivity contribution in [1.29, 1.82) is 0 Å². The van der Waals surface area contributed by atoms with Gasteiger partial charge in [-0.05, 0) is 42.9 Å². The van der Waals surface area contributed by atoms with Crippen LogP contribution in [0.2, 0.25) is 0 Å². The van der Waals surface area contributed by atoms with Gasteiger partial charge in [0.25, 0.3) is 0 Å². The minimum Gasteiger partial charge on any atom is -0.350 e. The molecular formula is C21H26N4O2. The zero-order valence-corrected chi connectivity index (χ0v) is 15.8. The van der Waals surface area contributed by atoms with Crippen molar-refractivity contribution in [2.75, 3.05) is 6.54 Å². The molecule has 0 unspecified atom stereocenters. The van der Waals surface area contributed by atoms with Gasteiger partial charge in [0.1, 0.15) is 0 Å². The highest BCUT2D eigenvalue weighted by atomic mass is 16.2. The van der Waals surface area contributed by atoms with E-state index in [9.17, 15) is 9.59 Å². The zero-order valence-electron chi connectivity index (χ0n) is 15.8. The molecule has 2 amide bonds. The molecule has 1 aliphatic heterocycles. The minimum atomic E-state index is 0.0357. The Labute approximate surface area is 159 Å². The van der Waals surface area contributed by atoms with Crippen LogP contribution in [0.15, 0.2) is 30.3 Å². The van der Waals surface area contributed by atoms with Crippen LogP contribution in [0.25, 0.3) is 0 Å². The van der Waals surface area contributed by atoms with Crippen molar-refractivity contribution in [3.05, 3.63) is 52.8 Å². The number of aryl methyl sites for hydroxylation is 2. The lowest BCUT2D eigenvalue weighted by atomic mass is 9.83. The monoisotopic (exact) mass is 366 g/mol. The van der Waals surface area contributed by atoms with Crippen LogP contribution in [0.5, 0.6) is 0 Å². The van der Waals surface area contributed by atoms with Crippen LogP contribution in [0, 0.1) is 5.92 Å². The molecule has 1 aromatic heterocycles. The number of amides is 2. The summed E-state index contributed by atoms with van der Waals surface area (Å²) in [6.07, 6.45) is 3.58. The molecule has 2 aliphatic rings. The van der Waals surface area contributed by atoms with Gasteiger partial charge in [-0.3, -0.25) is 14.3 Å². The molecule has 2 heterocycles. The van der Waals surface area contributed by atoms with E-state index in [-0.39, 0.29) is 17.7 Å². The van der Waals surface area contributed by atoms with E-state index in [1.807, 2.05) is 21.7 Å². The standard InChI is InChI=1S/C21H26N4O2/c1-15(26)24-9-4-10-25-20(14-24)12-19(23-25)13-22-21(27)18-8-7-16-5-2-3-6-17(16)11-18/h2-3,5-6,12,18H,4,7-11,13-14H2,1H3,(H,22,27)/t18-/m1/s1. The molecule has 6 heteroatoms. The van der Waals surface area contributed by atoms with E-state index in [4.69, 9.17) is 0 Å². The topological polar surface area (TPSA) is 67.2 Å². The number of carbonyl (C=O) groups excluding carboxylic acids is 2. The lowest BCUT2D eigenvalue weighted by molar-refractivity contribution is -0.129. The highest BCUT2D eigenvalue weighted by Gasteiger charge is 2.24. The molecule has 1 aromatic carbocycles. The van der Waals surface area contributed by atoms with Crippen molar-refractivity contribution < 1.29 is 9.59 Å². The van der Waals surface area contributed by atoms with Crippen LogP contribution in [0.4, 0.5) is 0 Å². The smallest absolute Gasteiger partial charge is 0.223 e. The predicted molar refractivity (Wildman–Crippen MR) is 102 cm³/mol. The molecule has 0 saturated carbocycles. The molecule has 27 heavy (non-hydrogen) atoms. The van der Waals surface area contributed by atoms with Gasteiger partial charge < -0.3 is 10.2 Å². The van der Waals surface area contributed by atoms with Crippen molar-refractivity contribution in [1.82, 2.24) is 20.0 Å². The van der Waals surface area contributed by atoms with E-state index < -0.39 is 0 Å². The van der Waals surface area contributed by atoms with E-state index in [0.29, 0.717) is 13.1 Å². The fourth-order valence-electron chi connectivity index (χ4n) is 4.12. The van der Waals surface area contributed by atoms with Crippen molar-refractivity contribution >= 4 is 11.8 Å². The summed E-state index contributed by atoms with van der Waals surface area (Å²) in [6, 6.07) is 10.4. The first kappa shape index (κ1) is 17.8. The summed E-state index contributed by atoms with van der Waals surface area (Å²) in [4.78, 5) is 26.2. The summed E-state index contributed by atoms with van der Waals surface area (Å²) >= 11 is 0. The fourth-order valence-corrected chi connectivity index (χ4v) is 4.12. The third kappa shape index (κ3) is 3.89. The van der Waals surface area contributed by atoms with Crippen molar-refractivity contribution in [2.24, 2.45) is 5.92 Å². The number of aromatic nitrogens is 2. The maximum absolute atomic E-state index is 12.6. The Morgan fingerprint density at radius 3 is 2.85 bits per heavy atom. The van der Waals surface area contributed by atoms with E-state index in [1.54, 1.807) is 6.92 Å². The molecular weight excluding hydrogens is 340 g/mol. The second-order valence-corrected chi connectivity index (χ2v) is 7.57. The van der Waals surface area contributed by atoms with Crippen LogP contribution in [0.1, 0.15) is 42.3 Å². The Hall–Kier alpha value is -2.63. The molecule has 6 nitrogen and oxygen atoms in total. The number of benzene rings is 1. The third-order valence-electron chi connectivity index (χ3n) is 5.67. The van der Waals surface area contributed by atoms with Crippen LogP contribution < -0.4 is 5.32 Å². The number of nitrogens with zero attached hydrogens (tertiary/aromatic N) is 3. The summed E-state index contributed by atoms with van der Waals surface area (Å²) < 4.78 is 1.97. The van der Waals surface area contributed by atoms with E-state index in [1.165, 1.54) is 11.1 Å². The first-order chi connectivity index (χ1) is 13.1. The van der Waals surface area contributed by atoms with E-state index in [0.717, 1.165) is 50.2 Å². The van der Waals surface area contributed by atoms with Crippen molar-refractivity contribution in [3.8, 4) is 0 Å². The molecule has 2 aromatic rings. The number of hydrogen-bond acceptors (Lipinski definition) is 3. The number of nitrogens with one attached hydrogen (secondary N) is 1. The summed E-state index contributed by atoms with van der Waals surface area (Å²) in [5.74, 6) is 0.240. The van der Waals surface area contributed by atoms with E-state index >= 15 is 0 Å². The van der Waals surface area contributed by atoms with Gasteiger partial charge in [0, 0.05) is 25.9 Å². The second-order valence-electron chi connectivity index (χ2n) is 7.57. The Kier molecular flexibility index (Phi) is 4.97. The Morgan fingerprint density at radius 2 is 2.04 bits per heavy atom. The Balaban J connectivity index is 1.36. The van der Waals surface area contributed by atoms with Gasteiger partial charge in [0.05, 0.1) is 24.5 Å². The first-order valence-corrected chi connectivity index (χ1v) is 9.76. The molecule has 0 spiro atoms. The Morgan fingerprint density at radius 1 is 1.22 bits per heavy atom. The first-order valence-electron chi connectivity index (χ1n) is 9.76. The molecule has 142 valence electrons. The second kappa shape index (κ2) is 7.55. The SMILES string of the molecule is CC(=O)N1CCCn2nc(CNC(=O)[C@@H]3CCc4ccccc4C3)cc2C1. The van der Waals surface area contributed by atoms with Crippen LogP contribution in [-0.4, -0.2) is 33.0 Å². The zero-order chi connectivity index (χ0) is 18.8. The largest absolute Gasteiger partial charge is 0.350 e. The Bertz CT molecular complexity index is 858. The lowest BCUT2D eigenvalue weighted by Gasteiger charge is -2.23. The fraction of sp³-hybridized carbons (Fsp3) is 0.476. The maximum atomic E-state index is 12.6. The molecule has 1 aliphatic carbocycles. The quantitative estimate of drug-likeness (QED) is 0.904. The number of hydrogen-bond donors (Lipinski definition) is 1. The van der Waals surface area contributed by atoms with Gasteiger partial charge in [-0.25, -0.2) is 0 Å². The van der Waals surface area contributed by atoms with Gasteiger partial charge in [0.2, 0.25) is 11.8 Å². The summed E-state index contributed by atoms with van der Waals surface area (Å²) in [5.41, 5.74) is 4.56. The van der Waals surface area contributed by atoms with E-state index in [2.05, 4.69) is 28.6 Å². The van der Waals surface area contributed by atoms with Gasteiger partial charge >= 0.3 is 0 Å². The lowest BCUT2D eigenvalue weighted by Crippen LogP contribution is -2.33. The van der Waals surface area contributed by atoms with Crippen LogP contribution >= 0.6 is 0 Å². The van der Waals surface area contributed by atoms with Crippen LogP contribution in [0.3, 0.4) is 0 Å². The average Bonchev–Trinajstić information content (AvgIpc) is 2.95. The molecule has 4 rings (SSSR count). The molecule has 0 bridgehead atoms. The van der Waals surface area contributed by atoms with Crippen molar-refractivity contribution in [2.45, 2.75) is 52.2 Å². The van der Waals surface area contributed by atoms with Gasteiger partial charge in [0.15, 0.2) is 0 Å².